The molecule has 0 radical (unpaired) electrons. The zero-order chi connectivity index (χ0) is 16.0. The third-order valence-corrected chi connectivity index (χ3v) is 3.83. The van der Waals surface area contributed by atoms with Crippen molar-refractivity contribution in [2.24, 2.45) is 15.3 Å². The number of hydrogen-bond donors (Lipinski definition) is 0. The molecule has 5 heteroatoms. The van der Waals surface area contributed by atoms with Crippen LogP contribution in [-0.4, -0.2) is 41.6 Å². The number of ketones is 1. The Balaban J connectivity index is 3.00. The summed E-state index contributed by atoms with van der Waals surface area (Å²) in [5.41, 5.74) is 2.44. The number of rotatable bonds is 5. The molecule has 0 N–H and O–H groups in total. The van der Waals surface area contributed by atoms with Crippen LogP contribution in [0.4, 0.5) is 0 Å². The largest absolute Gasteiger partial charge is 0.355 e. The van der Waals surface area contributed by atoms with Crippen LogP contribution in [0.5, 0.6) is 0 Å². The SMILES string of the molecule is C=C(C)N=C(/C(=N/SC)C(=C)C)N1CCC(C(C)=O)CC1. The number of Topliss-reactive ketones (excluding diaryl/α,β-unsaturated/α-hetero) is 1. The molecule has 116 valence electrons. The second-order valence-corrected chi connectivity index (χ2v) is 5.99. The Hall–Kier alpha value is -1.36. The van der Waals surface area contributed by atoms with E-state index >= 15 is 0 Å². The van der Waals surface area contributed by atoms with E-state index in [1.54, 1.807) is 6.92 Å². The summed E-state index contributed by atoms with van der Waals surface area (Å²) in [6.45, 7) is 15.0. The van der Waals surface area contributed by atoms with Gasteiger partial charge in [0.1, 0.15) is 11.5 Å². The van der Waals surface area contributed by atoms with Crippen LogP contribution < -0.4 is 0 Å². The van der Waals surface area contributed by atoms with Gasteiger partial charge in [0.2, 0.25) is 0 Å². The first kappa shape index (κ1) is 17.7. The van der Waals surface area contributed by atoms with E-state index in [0.29, 0.717) is 0 Å². The molecule has 1 heterocycles. The average Bonchev–Trinajstić information content (AvgIpc) is 2.42. The highest BCUT2D eigenvalue weighted by molar-refractivity contribution is 7.97. The average molecular weight is 307 g/mol. The van der Waals surface area contributed by atoms with Crippen LogP contribution in [0, 0.1) is 5.92 Å². The van der Waals surface area contributed by atoms with Crippen molar-refractivity contribution < 1.29 is 4.79 Å². The van der Waals surface area contributed by atoms with E-state index in [1.807, 2.05) is 20.1 Å². The van der Waals surface area contributed by atoms with Crippen LogP contribution in [0.25, 0.3) is 0 Å². The summed E-state index contributed by atoms with van der Waals surface area (Å²) in [6.07, 6.45) is 3.66. The number of carbonyl (C=O) groups excluding carboxylic acids is 1. The van der Waals surface area contributed by atoms with Gasteiger partial charge in [-0.05, 0) is 51.1 Å². The predicted molar refractivity (Wildman–Crippen MR) is 93.0 cm³/mol. The van der Waals surface area contributed by atoms with Gasteiger partial charge in [-0.25, -0.2) is 9.39 Å². The third kappa shape index (κ3) is 5.16. The first-order chi connectivity index (χ1) is 9.86. The van der Waals surface area contributed by atoms with Gasteiger partial charge in [0, 0.05) is 31.0 Å². The Kier molecular flexibility index (Phi) is 6.89. The molecule has 1 saturated heterocycles. The Bertz CT molecular complexity index is 486. The molecular formula is C16H25N3OS. The van der Waals surface area contributed by atoms with Crippen molar-refractivity contribution in [1.82, 2.24) is 4.90 Å². The normalized spacial score (nSPS) is 17.8. The van der Waals surface area contributed by atoms with E-state index in [-0.39, 0.29) is 11.7 Å². The molecule has 0 aromatic carbocycles. The molecule has 21 heavy (non-hydrogen) atoms. The molecular weight excluding hydrogens is 282 g/mol. The summed E-state index contributed by atoms with van der Waals surface area (Å²) in [6, 6.07) is 0. The maximum Gasteiger partial charge on any atom is 0.155 e. The molecule has 0 aromatic heterocycles. The highest BCUT2D eigenvalue weighted by atomic mass is 32.2. The molecule has 4 nitrogen and oxygen atoms in total. The van der Waals surface area contributed by atoms with Crippen molar-refractivity contribution in [1.29, 1.82) is 0 Å². The minimum atomic E-state index is 0.179. The van der Waals surface area contributed by atoms with Gasteiger partial charge in [-0.2, -0.15) is 0 Å². The second-order valence-electron chi connectivity index (χ2n) is 5.45. The van der Waals surface area contributed by atoms with Gasteiger partial charge in [-0.3, -0.25) is 4.79 Å². The number of hydrogen-bond acceptors (Lipinski definition) is 4. The lowest BCUT2D eigenvalue weighted by Gasteiger charge is -2.33. The molecule has 0 atom stereocenters. The molecule has 0 bridgehead atoms. The van der Waals surface area contributed by atoms with E-state index in [1.165, 1.54) is 11.9 Å². The van der Waals surface area contributed by atoms with Crippen molar-refractivity contribution >= 4 is 29.3 Å². The van der Waals surface area contributed by atoms with Gasteiger partial charge in [-0.15, -0.1) is 0 Å². The molecule has 1 fully saturated rings. The van der Waals surface area contributed by atoms with Crippen LogP contribution in [0.3, 0.4) is 0 Å². The van der Waals surface area contributed by atoms with Crippen LogP contribution in [0.15, 0.2) is 33.8 Å². The Labute approximate surface area is 132 Å². The van der Waals surface area contributed by atoms with Crippen LogP contribution >= 0.6 is 11.9 Å². The smallest absolute Gasteiger partial charge is 0.155 e. The molecule has 0 aliphatic carbocycles. The summed E-state index contributed by atoms with van der Waals surface area (Å²) in [4.78, 5) is 18.3. The molecule has 1 aliphatic heterocycles. The van der Waals surface area contributed by atoms with E-state index in [4.69, 9.17) is 0 Å². The molecule has 0 amide bonds. The molecule has 1 aliphatic rings. The number of allylic oxidation sites excluding steroid dienone is 1. The lowest BCUT2D eigenvalue weighted by molar-refractivity contribution is -0.121. The second kappa shape index (κ2) is 8.17. The predicted octanol–water partition coefficient (Wildman–Crippen LogP) is 3.51. The summed E-state index contributed by atoms with van der Waals surface area (Å²) in [7, 11) is 0. The summed E-state index contributed by atoms with van der Waals surface area (Å²) < 4.78 is 4.46. The zero-order valence-corrected chi connectivity index (χ0v) is 14.3. The van der Waals surface area contributed by atoms with Crippen molar-refractivity contribution in [2.75, 3.05) is 19.3 Å². The quantitative estimate of drug-likeness (QED) is 0.443. The van der Waals surface area contributed by atoms with Crippen LogP contribution in [0.1, 0.15) is 33.6 Å². The fourth-order valence-electron chi connectivity index (χ4n) is 2.35. The topological polar surface area (TPSA) is 45.0 Å². The minimum Gasteiger partial charge on any atom is -0.355 e. The zero-order valence-electron chi connectivity index (χ0n) is 13.5. The van der Waals surface area contributed by atoms with Gasteiger partial charge in [0.15, 0.2) is 5.84 Å². The molecule has 0 spiro atoms. The molecule has 0 saturated carbocycles. The van der Waals surface area contributed by atoms with Gasteiger partial charge in [0.25, 0.3) is 0 Å². The lowest BCUT2D eigenvalue weighted by atomic mass is 9.93. The van der Waals surface area contributed by atoms with E-state index in [2.05, 4.69) is 27.4 Å². The number of carbonyl (C=O) groups is 1. The fraction of sp³-hybridized carbons (Fsp3) is 0.562. The van der Waals surface area contributed by atoms with Crippen LogP contribution in [-0.2, 0) is 4.79 Å². The number of piperidine rings is 1. The molecule has 0 aromatic rings. The van der Waals surface area contributed by atoms with E-state index in [9.17, 15) is 4.79 Å². The van der Waals surface area contributed by atoms with Crippen molar-refractivity contribution in [3.8, 4) is 0 Å². The highest BCUT2D eigenvalue weighted by Gasteiger charge is 2.26. The molecule has 0 unspecified atom stereocenters. The van der Waals surface area contributed by atoms with Crippen molar-refractivity contribution in [2.45, 2.75) is 33.6 Å². The Morgan fingerprint density at radius 1 is 1.19 bits per heavy atom. The van der Waals surface area contributed by atoms with Crippen LogP contribution in [0.2, 0.25) is 0 Å². The standard InChI is InChI=1S/C16H25N3OS/c1-11(2)15(18-21-6)16(17-12(3)4)19-9-7-14(8-10-19)13(5)20/h14H,1,3,7-10H2,2,4-6H3/b17-16?,18-15+. The maximum absolute atomic E-state index is 11.5. The summed E-state index contributed by atoms with van der Waals surface area (Å²) in [5, 5.41) is 0. The number of aliphatic imine (C=N–C) groups is 1. The first-order valence-corrected chi connectivity index (χ1v) is 8.32. The number of amidine groups is 1. The third-order valence-electron chi connectivity index (χ3n) is 3.46. The Morgan fingerprint density at radius 3 is 2.14 bits per heavy atom. The molecule has 1 rings (SSSR count). The monoisotopic (exact) mass is 307 g/mol. The van der Waals surface area contributed by atoms with Gasteiger partial charge < -0.3 is 4.90 Å². The van der Waals surface area contributed by atoms with E-state index in [0.717, 1.165) is 48.7 Å². The van der Waals surface area contributed by atoms with Crippen molar-refractivity contribution in [3.05, 3.63) is 24.4 Å². The van der Waals surface area contributed by atoms with Crippen molar-refractivity contribution in [3.63, 3.8) is 0 Å². The summed E-state index contributed by atoms with van der Waals surface area (Å²) >= 11 is 1.40. The maximum atomic E-state index is 11.5. The fourth-order valence-corrected chi connectivity index (χ4v) is 2.77. The first-order valence-electron chi connectivity index (χ1n) is 7.13. The van der Waals surface area contributed by atoms with Gasteiger partial charge in [-0.1, -0.05) is 13.2 Å². The minimum absolute atomic E-state index is 0.179. The summed E-state index contributed by atoms with van der Waals surface area (Å²) in [5.74, 6) is 1.29. The Morgan fingerprint density at radius 2 is 1.76 bits per heavy atom. The van der Waals surface area contributed by atoms with Gasteiger partial charge in [0.05, 0.1) is 0 Å². The number of nitrogens with zero attached hydrogens (tertiary/aromatic N) is 3. The lowest BCUT2D eigenvalue weighted by Crippen LogP contribution is -2.43. The number of likely N-dealkylation sites (tertiary alicyclic amines) is 1. The highest BCUT2D eigenvalue weighted by Crippen LogP contribution is 2.20. The van der Waals surface area contributed by atoms with E-state index < -0.39 is 0 Å². The van der Waals surface area contributed by atoms with Gasteiger partial charge >= 0.3 is 0 Å².